The van der Waals surface area contributed by atoms with Crippen molar-refractivity contribution in [2.75, 3.05) is 12.4 Å². The number of hydrogen-bond donors (Lipinski definition) is 2. The zero-order chi connectivity index (χ0) is 15.0. The van der Waals surface area contributed by atoms with Crippen LogP contribution < -0.4 is 5.32 Å². The van der Waals surface area contributed by atoms with Crippen LogP contribution in [0.15, 0.2) is 36.4 Å². The molecule has 0 spiro atoms. The van der Waals surface area contributed by atoms with Crippen molar-refractivity contribution >= 4 is 17.0 Å². The molecule has 0 unspecified atom stereocenters. The van der Waals surface area contributed by atoms with Gasteiger partial charge in [-0.25, -0.2) is 9.97 Å². The summed E-state index contributed by atoms with van der Waals surface area (Å²) in [6, 6.07) is 8.77. The molecule has 0 aliphatic carbocycles. The molecular weight excluding hydrogens is 281 g/mol. The van der Waals surface area contributed by atoms with E-state index in [-0.39, 0.29) is 11.4 Å². The number of fused-ring (bicyclic) bond motifs is 1. The van der Waals surface area contributed by atoms with Crippen molar-refractivity contribution in [1.82, 2.24) is 15.0 Å². The molecular formula is C14H11F3N4. The Kier molecular flexibility index (Phi) is 3.04. The van der Waals surface area contributed by atoms with Crippen molar-refractivity contribution in [3.05, 3.63) is 42.0 Å². The summed E-state index contributed by atoms with van der Waals surface area (Å²) < 4.78 is 39.1. The number of hydrogen-bond acceptors (Lipinski definition) is 3. The molecule has 7 heteroatoms. The molecule has 3 aromatic rings. The number of rotatable bonds is 2. The monoisotopic (exact) mass is 292 g/mol. The highest BCUT2D eigenvalue weighted by atomic mass is 19.4. The molecule has 4 nitrogen and oxygen atoms in total. The second-order valence-corrected chi connectivity index (χ2v) is 4.45. The lowest BCUT2D eigenvalue weighted by Crippen LogP contribution is -2.07. The molecule has 0 bridgehead atoms. The Bertz CT molecular complexity index is 792. The summed E-state index contributed by atoms with van der Waals surface area (Å²) >= 11 is 0. The number of anilines is 1. The number of benzene rings is 1. The van der Waals surface area contributed by atoms with Gasteiger partial charge >= 0.3 is 6.18 Å². The molecule has 0 saturated carbocycles. The predicted molar refractivity (Wildman–Crippen MR) is 73.9 cm³/mol. The van der Waals surface area contributed by atoms with Gasteiger partial charge in [0, 0.05) is 12.6 Å². The number of halogens is 3. The van der Waals surface area contributed by atoms with Crippen LogP contribution in [0.4, 0.5) is 19.0 Å². The summed E-state index contributed by atoms with van der Waals surface area (Å²) in [4.78, 5) is 11.2. The summed E-state index contributed by atoms with van der Waals surface area (Å²) in [5.74, 6) is 0.753. The minimum atomic E-state index is -4.43. The Morgan fingerprint density at radius 1 is 1.05 bits per heavy atom. The maximum atomic E-state index is 13.0. The first-order valence-electron chi connectivity index (χ1n) is 6.20. The van der Waals surface area contributed by atoms with E-state index in [1.54, 1.807) is 25.2 Å². The largest absolute Gasteiger partial charge is 0.417 e. The smallest absolute Gasteiger partial charge is 0.373 e. The van der Waals surface area contributed by atoms with Gasteiger partial charge in [-0.1, -0.05) is 18.2 Å². The first-order valence-corrected chi connectivity index (χ1v) is 6.20. The van der Waals surface area contributed by atoms with E-state index in [2.05, 4.69) is 20.3 Å². The normalized spacial score (nSPS) is 11.8. The number of pyridine rings is 1. The van der Waals surface area contributed by atoms with Crippen LogP contribution in [-0.4, -0.2) is 22.0 Å². The molecule has 1 aromatic carbocycles. The third kappa shape index (κ3) is 2.42. The Morgan fingerprint density at radius 3 is 2.52 bits per heavy atom. The Labute approximate surface area is 118 Å². The summed E-state index contributed by atoms with van der Waals surface area (Å²) in [7, 11) is 1.71. The van der Waals surface area contributed by atoms with Crippen molar-refractivity contribution in [1.29, 1.82) is 0 Å². The number of imidazole rings is 1. The number of aromatic amines is 1. The molecule has 2 heterocycles. The fourth-order valence-electron chi connectivity index (χ4n) is 2.10. The van der Waals surface area contributed by atoms with E-state index < -0.39 is 11.7 Å². The van der Waals surface area contributed by atoms with E-state index in [9.17, 15) is 13.2 Å². The van der Waals surface area contributed by atoms with Crippen LogP contribution in [0.5, 0.6) is 0 Å². The average Bonchev–Trinajstić information content (AvgIpc) is 2.89. The molecule has 2 aromatic heterocycles. The zero-order valence-corrected chi connectivity index (χ0v) is 11.0. The van der Waals surface area contributed by atoms with Crippen molar-refractivity contribution in [2.45, 2.75) is 6.18 Å². The number of nitrogens with one attached hydrogen (secondary N) is 2. The van der Waals surface area contributed by atoms with E-state index >= 15 is 0 Å². The maximum absolute atomic E-state index is 13.0. The van der Waals surface area contributed by atoms with Crippen LogP contribution in [0.2, 0.25) is 0 Å². The van der Waals surface area contributed by atoms with Gasteiger partial charge in [0.15, 0.2) is 5.65 Å². The van der Waals surface area contributed by atoms with E-state index in [1.807, 2.05) is 0 Å². The number of nitrogens with zero attached hydrogens (tertiary/aromatic N) is 2. The lowest BCUT2D eigenvalue weighted by molar-refractivity contribution is -0.137. The van der Waals surface area contributed by atoms with E-state index in [0.717, 1.165) is 6.07 Å². The highest BCUT2D eigenvalue weighted by Crippen LogP contribution is 2.36. The number of aromatic nitrogens is 3. The topological polar surface area (TPSA) is 53.6 Å². The van der Waals surface area contributed by atoms with Crippen molar-refractivity contribution in [3.63, 3.8) is 0 Å². The summed E-state index contributed by atoms with van der Waals surface area (Å²) in [5.41, 5.74) is 0.238. The van der Waals surface area contributed by atoms with Crippen LogP contribution in [0, 0.1) is 0 Å². The SMILES string of the molecule is CNc1ccc2[nH]c(-c3ccccc3C(F)(F)F)nc2n1. The summed E-state index contributed by atoms with van der Waals surface area (Å²) in [6.45, 7) is 0. The minimum absolute atomic E-state index is 0.00834. The first kappa shape index (κ1) is 13.4. The van der Waals surface area contributed by atoms with Gasteiger partial charge in [-0.2, -0.15) is 13.2 Å². The minimum Gasteiger partial charge on any atom is -0.373 e. The molecule has 0 aliphatic heterocycles. The third-order valence-corrected chi connectivity index (χ3v) is 3.09. The Morgan fingerprint density at radius 2 is 1.81 bits per heavy atom. The molecule has 0 fully saturated rings. The number of alkyl halides is 3. The van der Waals surface area contributed by atoms with Crippen molar-refractivity contribution in [3.8, 4) is 11.4 Å². The van der Waals surface area contributed by atoms with Crippen LogP contribution in [-0.2, 0) is 6.18 Å². The van der Waals surface area contributed by atoms with Gasteiger partial charge in [-0.15, -0.1) is 0 Å². The third-order valence-electron chi connectivity index (χ3n) is 3.09. The zero-order valence-electron chi connectivity index (χ0n) is 11.0. The fourth-order valence-corrected chi connectivity index (χ4v) is 2.10. The summed E-state index contributed by atoms with van der Waals surface area (Å²) in [5, 5.41) is 2.86. The van der Waals surface area contributed by atoms with Crippen molar-refractivity contribution in [2.24, 2.45) is 0 Å². The second-order valence-electron chi connectivity index (χ2n) is 4.45. The van der Waals surface area contributed by atoms with Gasteiger partial charge < -0.3 is 10.3 Å². The first-order chi connectivity index (χ1) is 9.99. The van der Waals surface area contributed by atoms with E-state index in [4.69, 9.17) is 0 Å². The molecule has 0 amide bonds. The quantitative estimate of drug-likeness (QED) is 0.757. The molecule has 0 aliphatic rings. The van der Waals surface area contributed by atoms with Crippen LogP contribution in [0.1, 0.15) is 5.56 Å². The van der Waals surface area contributed by atoms with E-state index in [0.29, 0.717) is 17.0 Å². The highest BCUT2D eigenvalue weighted by molar-refractivity contribution is 5.78. The lowest BCUT2D eigenvalue weighted by atomic mass is 10.1. The van der Waals surface area contributed by atoms with Gasteiger partial charge in [0.05, 0.1) is 11.1 Å². The Hall–Kier alpha value is -2.57. The predicted octanol–water partition coefficient (Wildman–Crippen LogP) is 3.69. The van der Waals surface area contributed by atoms with E-state index in [1.165, 1.54) is 12.1 Å². The molecule has 3 rings (SSSR count). The highest BCUT2D eigenvalue weighted by Gasteiger charge is 2.34. The van der Waals surface area contributed by atoms with Crippen molar-refractivity contribution < 1.29 is 13.2 Å². The molecule has 108 valence electrons. The molecule has 2 N–H and O–H groups in total. The van der Waals surface area contributed by atoms with Crippen LogP contribution in [0.25, 0.3) is 22.6 Å². The van der Waals surface area contributed by atoms with Gasteiger partial charge in [-0.3, -0.25) is 0 Å². The van der Waals surface area contributed by atoms with Crippen LogP contribution >= 0.6 is 0 Å². The van der Waals surface area contributed by atoms with Gasteiger partial charge in [0.1, 0.15) is 11.6 Å². The standard InChI is InChI=1S/C14H11F3N4/c1-18-11-7-6-10-13(20-11)21-12(19-10)8-4-2-3-5-9(8)14(15,16)17/h2-7H,1H3,(H2,18,19,20,21). The molecule has 0 atom stereocenters. The van der Waals surface area contributed by atoms with Gasteiger partial charge in [-0.05, 0) is 18.2 Å². The van der Waals surface area contributed by atoms with Gasteiger partial charge in [0.2, 0.25) is 0 Å². The lowest BCUT2D eigenvalue weighted by Gasteiger charge is -2.10. The number of H-pyrrole nitrogens is 1. The Balaban J connectivity index is 2.17. The second kappa shape index (κ2) is 4.76. The van der Waals surface area contributed by atoms with Gasteiger partial charge in [0.25, 0.3) is 0 Å². The van der Waals surface area contributed by atoms with Crippen LogP contribution in [0.3, 0.4) is 0 Å². The molecule has 0 radical (unpaired) electrons. The average molecular weight is 292 g/mol. The maximum Gasteiger partial charge on any atom is 0.417 e. The fraction of sp³-hybridized carbons (Fsp3) is 0.143. The molecule has 21 heavy (non-hydrogen) atoms. The molecule has 0 saturated heterocycles. The summed E-state index contributed by atoms with van der Waals surface area (Å²) in [6.07, 6.45) is -4.43.